The Balaban J connectivity index is 1.90. The van der Waals surface area contributed by atoms with Crippen LogP contribution in [0.1, 0.15) is 11.1 Å². The molecule has 0 amide bonds. The van der Waals surface area contributed by atoms with Crippen LogP contribution < -0.4 is 14.8 Å². The van der Waals surface area contributed by atoms with Crippen LogP contribution in [-0.2, 0) is 0 Å². The van der Waals surface area contributed by atoms with Gasteiger partial charge in [-0.15, -0.1) is 0 Å². The van der Waals surface area contributed by atoms with Gasteiger partial charge in [0.1, 0.15) is 18.1 Å². The molecule has 6 nitrogen and oxygen atoms in total. The maximum absolute atomic E-state index is 11.0. The third-order valence-electron chi connectivity index (χ3n) is 3.49. The zero-order chi connectivity index (χ0) is 16.8. The summed E-state index contributed by atoms with van der Waals surface area (Å²) in [6.45, 7) is 4.66. The van der Waals surface area contributed by atoms with E-state index in [4.69, 9.17) is 9.47 Å². The van der Waals surface area contributed by atoms with Crippen molar-refractivity contribution in [2.75, 3.05) is 25.6 Å². The molecular weight excluding hydrogens is 296 g/mol. The van der Waals surface area contributed by atoms with Crippen molar-refractivity contribution in [3.63, 3.8) is 0 Å². The van der Waals surface area contributed by atoms with E-state index < -0.39 is 0 Å². The molecule has 0 aliphatic heterocycles. The number of nitrogens with one attached hydrogen (secondary N) is 1. The molecule has 0 fully saturated rings. The highest BCUT2D eigenvalue weighted by Crippen LogP contribution is 2.26. The van der Waals surface area contributed by atoms with Gasteiger partial charge >= 0.3 is 0 Å². The van der Waals surface area contributed by atoms with Gasteiger partial charge in [-0.05, 0) is 49.7 Å². The number of methoxy groups -OCH3 is 1. The van der Waals surface area contributed by atoms with E-state index in [1.807, 2.05) is 37.3 Å². The molecule has 0 heterocycles. The van der Waals surface area contributed by atoms with Crippen LogP contribution in [0, 0.1) is 24.0 Å². The number of rotatable bonds is 7. The molecule has 2 aromatic rings. The highest BCUT2D eigenvalue weighted by Gasteiger charge is 2.13. The van der Waals surface area contributed by atoms with Crippen LogP contribution in [0.4, 0.5) is 11.4 Å². The summed E-state index contributed by atoms with van der Waals surface area (Å²) in [6, 6.07) is 10.7. The SMILES string of the molecule is COc1ccc(OCCNc2cc([N+](=O)[O-])c(C)cc2C)cc1. The summed E-state index contributed by atoms with van der Waals surface area (Å²) in [6.07, 6.45) is 0. The lowest BCUT2D eigenvalue weighted by atomic mass is 10.1. The molecule has 0 aliphatic rings. The fourth-order valence-corrected chi connectivity index (χ4v) is 2.25. The quantitative estimate of drug-likeness (QED) is 0.479. The first-order valence-electron chi connectivity index (χ1n) is 7.27. The average Bonchev–Trinajstić information content (AvgIpc) is 2.53. The molecule has 6 heteroatoms. The summed E-state index contributed by atoms with van der Waals surface area (Å²) in [5.74, 6) is 1.53. The van der Waals surface area contributed by atoms with E-state index >= 15 is 0 Å². The molecule has 0 bridgehead atoms. The molecule has 0 aliphatic carbocycles. The van der Waals surface area contributed by atoms with Gasteiger partial charge in [0.2, 0.25) is 0 Å². The van der Waals surface area contributed by atoms with Crippen molar-refractivity contribution in [2.24, 2.45) is 0 Å². The molecule has 0 aromatic heterocycles. The number of aryl methyl sites for hydroxylation is 2. The van der Waals surface area contributed by atoms with Gasteiger partial charge < -0.3 is 14.8 Å². The second-order valence-electron chi connectivity index (χ2n) is 5.16. The smallest absolute Gasteiger partial charge is 0.274 e. The molecule has 0 unspecified atom stereocenters. The number of hydrogen-bond donors (Lipinski definition) is 1. The molecule has 2 rings (SSSR count). The van der Waals surface area contributed by atoms with Gasteiger partial charge in [-0.3, -0.25) is 10.1 Å². The second-order valence-corrected chi connectivity index (χ2v) is 5.16. The van der Waals surface area contributed by atoms with E-state index in [1.165, 1.54) is 0 Å². The molecular formula is C17H20N2O4. The monoisotopic (exact) mass is 316 g/mol. The summed E-state index contributed by atoms with van der Waals surface area (Å²) in [5, 5.41) is 14.2. The van der Waals surface area contributed by atoms with Crippen molar-refractivity contribution in [3.8, 4) is 11.5 Å². The van der Waals surface area contributed by atoms with Crippen molar-refractivity contribution in [3.05, 3.63) is 57.6 Å². The number of nitro groups is 1. The molecule has 0 radical (unpaired) electrons. The van der Waals surface area contributed by atoms with Crippen molar-refractivity contribution < 1.29 is 14.4 Å². The van der Waals surface area contributed by atoms with E-state index in [-0.39, 0.29) is 10.6 Å². The van der Waals surface area contributed by atoms with Crippen LogP contribution in [0.15, 0.2) is 36.4 Å². The maximum atomic E-state index is 11.0. The fraction of sp³-hybridized carbons (Fsp3) is 0.294. The summed E-state index contributed by atoms with van der Waals surface area (Å²) in [7, 11) is 1.61. The number of anilines is 1. The number of benzene rings is 2. The normalized spacial score (nSPS) is 10.2. The van der Waals surface area contributed by atoms with E-state index in [9.17, 15) is 10.1 Å². The molecule has 23 heavy (non-hydrogen) atoms. The zero-order valence-electron chi connectivity index (χ0n) is 13.5. The van der Waals surface area contributed by atoms with Gasteiger partial charge in [-0.2, -0.15) is 0 Å². The molecule has 122 valence electrons. The Bertz CT molecular complexity index is 684. The minimum atomic E-state index is -0.367. The first-order chi connectivity index (χ1) is 11.0. The first kappa shape index (κ1) is 16.6. The lowest BCUT2D eigenvalue weighted by Crippen LogP contribution is -2.12. The topological polar surface area (TPSA) is 73.6 Å². The van der Waals surface area contributed by atoms with Crippen LogP contribution in [0.25, 0.3) is 0 Å². The minimum absolute atomic E-state index is 0.120. The van der Waals surface area contributed by atoms with Gasteiger partial charge in [0.25, 0.3) is 5.69 Å². The molecule has 0 spiro atoms. The van der Waals surface area contributed by atoms with E-state index in [0.717, 1.165) is 22.7 Å². The Morgan fingerprint density at radius 3 is 2.35 bits per heavy atom. The summed E-state index contributed by atoms with van der Waals surface area (Å²) < 4.78 is 10.7. The molecule has 0 saturated heterocycles. The van der Waals surface area contributed by atoms with Crippen LogP contribution in [0.3, 0.4) is 0 Å². The van der Waals surface area contributed by atoms with Crippen LogP contribution >= 0.6 is 0 Å². The minimum Gasteiger partial charge on any atom is -0.497 e. The average molecular weight is 316 g/mol. The van der Waals surface area contributed by atoms with Crippen LogP contribution in [-0.4, -0.2) is 25.2 Å². The van der Waals surface area contributed by atoms with Gasteiger partial charge in [0.15, 0.2) is 0 Å². The lowest BCUT2D eigenvalue weighted by Gasteiger charge is -2.12. The van der Waals surface area contributed by atoms with Gasteiger partial charge in [-0.25, -0.2) is 0 Å². The van der Waals surface area contributed by atoms with Crippen LogP contribution in [0.5, 0.6) is 11.5 Å². The van der Waals surface area contributed by atoms with Gasteiger partial charge in [-0.1, -0.05) is 0 Å². The third kappa shape index (κ3) is 4.35. The zero-order valence-corrected chi connectivity index (χ0v) is 13.5. The lowest BCUT2D eigenvalue weighted by molar-refractivity contribution is -0.385. The number of hydrogen-bond acceptors (Lipinski definition) is 5. The molecule has 2 aromatic carbocycles. The summed E-state index contributed by atoms with van der Waals surface area (Å²) in [4.78, 5) is 10.6. The molecule has 1 N–H and O–H groups in total. The van der Waals surface area contributed by atoms with E-state index in [2.05, 4.69) is 5.32 Å². The third-order valence-corrected chi connectivity index (χ3v) is 3.49. The molecule has 0 atom stereocenters. The van der Waals surface area contributed by atoms with Crippen molar-refractivity contribution in [2.45, 2.75) is 13.8 Å². The van der Waals surface area contributed by atoms with Gasteiger partial charge in [0.05, 0.1) is 12.0 Å². The van der Waals surface area contributed by atoms with E-state index in [1.54, 1.807) is 20.1 Å². The number of nitrogens with zero attached hydrogens (tertiary/aromatic N) is 1. The standard InChI is InChI=1S/C17H20N2O4/c1-12-10-13(2)17(19(20)21)11-16(12)18-8-9-23-15-6-4-14(22-3)5-7-15/h4-7,10-11,18H,8-9H2,1-3H3. The fourth-order valence-electron chi connectivity index (χ4n) is 2.25. The summed E-state index contributed by atoms with van der Waals surface area (Å²) >= 11 is 0. The Labute approximate surface area is 135 Å². The Kier molecular flexibility index (Phi) is 5.41. The number of ether oxygens (including phenoxy) is 2. The number of nitro benzene ring substituents is 1. The largest absolute Gasteiger partial charge is 0.497 e. The predicted octanol–water partition coefficient (Wildman–Crippen LogP) is 3.71. The van der Waals surface area contributed by atoms with Gasteiger partial charge in [0, 0.05) is 23.9 Å². The highest BCUT2D eigenvalue weighted by atomic mass is 16.6. The molecule has 0 saturated carbocycles. The van der Waals surface area contributed by atoms with Crippen molar-refractivity contribution >= 4 is 11.4 Å². The Morgan fingerprint density at radius 2 is 1.74 bits per heavy atom. The van der Waals surface area contributed by atoms with Crippen molar-refractivity contribution in [1.29, 1.82) is 0 Å². The predicted molar refractivity (Wildman–Crippen MR) is 89.5 cm³/mol. The van der Waals surface area contributed by atoms with Crippen LogP contribution in [0.2, 0.25) is 0 Å². The maximum Gasteiger partial charge on any atom is 0.274 e. The Morgan fingerprint density at radius 1 is 1.09 bits per heavy atom. The first-order valence-corrected chi connectivity index (χ1v) is 7.27. The summed E-state index contributed by atoms with van der Waals surface area (Å²) in [5.41, 5.74) is 2.50. The van der Waals surface area contributed by atoms with E-state index in [0.29, 0.717) is 18.7 Å². The Hall–Kier alpha value is -2.76. The van der Waals surface area contributed by atoms with Crippen molar-refractivity contribution in [1.82, 2.24) is 0 Å². The highest BCUT2D eigenvalue weighted by molar-refractivity contribution is 5.60. The second kappa shape index (κ2) is 7.49.